The highest BCUT2D eigenvalue weighted by atomic mass is 16.5. The molecule has 0 saturated heterocycles. The van der Waals surface area contributed by atoms with Crippen LogP contribution in [0.2, 0.25) is 0 Å². The molecular weight excluding hydrogens is 320 g/mol. The van der Waals surface area contributed by atoms with Crippen LogP contribution in [0.25, 0.3) is 11.1 Å². The molecule has 0 heterocycles. The summed E-state index contributed by atoms with van der Waals surface area (Å²) in [6, 6.07) is 17.4. The van der Waals surface area contributed by atoms with Crippen LogP contribution in [0.3, 0.4) is 0 Å². The minimum atomic E-state index is -0.342. The zero-order valence-electron chi connectivity index (χ0n) is 15.7. The van der Waals surface area contributed by atoms with Crippen molar-refractivity contribution in [3.63, 3.8) is 0 Å². The van der Waals surface area contributed by atoms with Gasteiger partial charge in [-0.3, -0.25) is 0 Å². The summed E-state index contributed by atoms with van der Waals surface area (Å²) < 4.78 is 5.38. The molecule has 2 aromatic carbocycles. The van der Waals surface area contributed by atoms with Gasteiger partial charge in [0.25, 0.3) is 0 Å². The molecule has 0 aliphatic heterocycles. The summed E-state index contributed by atoms with van der Waals surface area (Å²) in [5.41, 5.74) is 5.35. The Hall–Kier alpha value is -2.35. The van der Waals surface area contributed by atoms with Crippen LogP contribution in [-0.2, 0) is 14.9 Å². The molecule has 0 atom stereocenters. The lowest BCUT2D eigenvalue weighted by atomic mass is 9.72. The summed E-state index contributed by atoms with van der Waals surface area (Å²) in [4.78, 5) is 11.5. The molecule has 0 bridgehead atoms. The molecule has 0 saturated carbocycles. The summed E-state index contributed by atoms with van der Waals surface area (Å²) in [6.07, 6.45) is 8.08. The number of hydrogen-bond donors (Lipinski definition) is 0. The maximum atomic E-state index is 11.5. The van der Waals surface area contributed by atoms with E-state index in [0.29, 0.717) is 6.61 Å². The van der Waals surface area contributed by atoms with E-state index in [9.17, 15) is 4.79 Å². The van der Waals surface area contributed by atoms with E-state index in [0.717, 1.165) is 12.8 Å². The number of carbonyl (C=O) groups is 1. The van der Waals surface area contributed by atoms with E-state index in [1.54, 1.807) is 0 Å². The van der Waals surface area contributed by atoms with Crippen LogP contribution in [0.15, 0.2) is 61.2 Å². The maximum Gasteiger partial charge on any atom is 0.330 e. The molecule has 2 nitrogen and oxygen atoms in total. The first kappa shape index (κ1) is 18.4. The summed E-state index contributed by atoms with van der Waals surface area (Å²) in [6.45, 7) is 6.15. The van der Waals surface area contributed by atoms with Gasteiger partial charge in [0.15, 0.2) is 0 Å². The summed E-state index contributed by atoms with van der Waals surface area (Å²) in [7, 11) is 0. The largest absolute Gasteiger partial charge is 0.462 e. The molecule has 0 aromatic heterocycles. The van der Waals surface area contributed by atoms with Gasteiger partial charge in [0, 0.05) is 11.5 Å². The number of carbonyl (C=O) groups excluding carboxylic acids is 1. The second-order valence-corrected chi connectivity index (χ2v) is 7.11. The third-order valence-corrected chi connectivity index (χ3v) is 5.57. The first-order valence-electron chi connectivity index (χ1n) is 9.71. The van der Waals surface area contributed by atoms with Crippen molar-refractivity contribution in [1.29, 1.82) is 0 Å². The van der Waals surface area contributed by atoms with Gasteiger partial charge in [-0.2, -0.15) is 0 Å². The highest BCUT2D eigenvalue weighted by Gasteiger charge is 2.42. The Morgan fingerprint density at radius 2 is 1.58 bits per heavy atom. The standard InChI is InChI=1S/C24H28O2/c1-3-5-6-11-16-24(17-18-26-23(25)4-2)21-14-9-7-12-19(21)20-13-8-10-15-22(20)24/h4,7-10,12-15H,2-3,5-6,11,16-18H2,1H3. The van der Waals surface area contributed by atoms with Crippen LogP contribution in [0.5, 0.6) is 0 Å². The second kappa shape index (κ2) is 8.35. The molecule has 2 heteroatoms. The predicted octanol–water partition coefficient (Wildman–Crippen LogP) is 6.04. The number of unbranched alkanes of at least 4 members (excludes halogenated alkanes) is 3. The van der Waals surface area contributed by atoms with Crippen LogP contribution in [0.1, 0.15) is 56.6 Å². The van der Waals surface area contributed by atoms with E-state index in [2.05, 4.69) is 62.0 Å². The zero-order chi connectivity index (χ0) is 18.4. The number of benzene rings is 2. The van der Waals surface area contributed by atoms with Gasteiger partial charge in [-0.05, 0) is 35.1 Å². The zero-order valence-corrected chi connectivity index (χ0v) is 15.7. The average molecular weight is 348 g/mol. The van der Waals surface area contributed by atoms with Crippen LogP contribution >= 0.6 is 0 Å². The highest BCUT2D eigenvalue weighted by molar-refractivity contribution is 5.82. The van der Waals surface area contributed by atoms with Gasteiger partial charge < -0.3 is 4.74 Å². The van der Waals surface area contributed by atoms with Crippen molar-refractivity contribution in [1.82, 2.24) is 0 Å². The maximum absolute atomic E-state index is 11.5. The Morgan fingerprint density at radius 1 is 0.962 bits per heavy atom. The summed E-state index contributed by atoms with van der Waals surface area (Å²) in [5, 5.41) is 0. The van der Waals surface area contributed by atoms with Gasteiger partial charge >= 0.3 is 5.97 Å². The SMILES string of the molecule is C=CC(=O)OCCC1(CCCCCC)c2ccccc2-c2ccccc21. The third kappa shape index (κ3) is 3.46. The van der Waals surface area contributed by atoms with Gasteiger partial charge in [-0.15, -0.1) is 0 Å². The first-order valence-corrected chi connectivity index (χ1v) is 9.71. The van der Waals surface area contributed by atoms with Crippen molar-refractivity contribution in [2.45, 2.75) is 50.9 Å². The average Bonchev–Trinajstić information content (AvgIpc) is 2.96. The molecule has 136 valence electrons. The Bertz CT molecular complexity index is 730. The van der Waals surface area contributed by atoms with Crippen molar-refractivity contribution in [3.8, 4) is 11.1 Å². The molecule has 0 fully saturated rings. The Morgan fingerprint density at radius 3 is 2.15 bits per heavy atom. The van der Waals surface area contributed by atoms with Crippen molar-refractivity contribution < 1.29 is 9.53 Å². The molecule has 26 heavy (non-hydrogen) atoms. The van der Waals surface area contributed by atoms with E-state index >= 15 is 0 Å². The van der Waals surface area contributed by atoms with Crippen LogP contribution in [0.4, 0.5) is 0 Å². The Kier molecular flexibility index (Phi) is 5.92. The quantitative estimate of drug-likeness (QED) is 0.313. The lowest BCUT2D eigenvalue weighted by molar-refractivity contribution is -0.138. The normalized spacial score (nSPS) is 13.7. The molecule has 3 rings (SSSR count). The molecule has 1 aliphatic rings. The van der Waals surface area contributed by atoms with Crippen molar-refractivity contribution in [2.24, 2.45) is 0 Å². The van der Waals surface area contributed by atoms with Gasteiger partial charge in [0.1, 0.15) is 0 Å². The molecule has 0 N–H and O–H groups in total. The summed E-state index contributed by atoms with van der Waals surface area (Å²) >= 11 is 0. The van der Waals surface area contributed by atoms with E-state index in [1.807, 2.05) is 0 Å². The van der Waals surface area contributed by atoms with E-state index in [4.69, 9.17) is 4.74 Å². The Labute approximate surface area is 156 Å². The highest BCUT2D eigenvalue weighted by Crippen LogP contribution is 2.53. The van der Waals surface area contributed by atoms with Gasteiger partial charge in [-0.25, -0.2) is 4.79 Å². The second-order valence-electron chi connectivity index (χ2n) is 7.11. The summed E-state index contributed by atoms with van der Waals surface area (Å²) in [5.74, 6) is -0.342. The van der Waals surface area contributed by atoms with Crippen molar-refractivity contribution in [3.05, 3.63) is 72.3 Å². The number of ether oxygens (including phenoxy) is 1. The van der Waals surface area contributed by atoms with Crippen LogP contribution in [0, 0.1) is 0 Å². The molecule has 2 aromatic rings. The first-order chi connectivity index (χ1) is 12.7. The number of esters is 1. The monoisotopic (exact) mass is 348 g/mol. The molecule has 0 spiro atoms. The van der Waals surface area contributed by atoms with Crippen molar-refractivity contribution >= 4 is 5.97 Å². The predicted molar refractivity (Wildman–Crippen MR) is 107 cm³/mol. The molecular formula is C24H28O2. The lowest BCUT2D eigenvalue weighted by Crippen LogP contribution is -2.27. The van der Waals surface area contributed by atoms with Crippen LogP contribution in [-0.4, -0.2) is 12.6 Å². The number of fused-ring (bicyclic) bond motifs is 3. The minimum Gasteiger partial charge on any atom is -0.462 e. The van der Waals surface area contributed by atoms with Crippen LogP contribution < -0.4 is 0 Å². The van der Waals surface area contributed by atoms with Gasteiger partial charge in [0.2, 0.25) is 0 Å². The fourth-order valence-electron chi connectivity index (χ4n) is 4.32. The van der Waals surface area contributed by atoms with E-state index in [-0.39, 0.29) is 11.4 Å². The molecule has 0 amide bonds. The molecule has 1 aliphatic carbocycles. The van der Waals surface area contributed by atoms with E-state index in [1.165, 1.54) is 54.0 Å². The number of hydrogen-bond acceptors (Lipinski definition) is 2. The number of rotatable bonds is 9. The third-order valence-electron chi connectivity index (χ3n) is 5.57. The smallest absolute Gasteiger partial charge is 0.330 e. The van der Waals surface area contributed by atoms with Gasteiger partial charge in [-0.1, -0.05) is 87.7 Å². The lowest BCUT2D eigenvalue weighted by Gasteiger charge is -2.32. The van der Waals surface area contributed by atoms with E-state index < -0.39 is 0 Å². The van der Waals surface area contributed by atoms with Crippen molar-refractivity contribution in [2.75, 3.05) is 6.61 Å². The topological polar surface area (TPSA) is 26.3 Å². The minimum absolute atomic E-state index is 0.0671. The molecule has 0 radical (unpaired) electrons. The van der Waals surface area contributed by atoms with Gasteiger partial charge in [0.05, 0.1) is 6.61 Å². The molecule has 0 unspecified atom stereocenters. The Balaban J connectivity index is 1.96. The fourth-order valence-corrected chi connectivity index (χ4v) is 4.32. The fraction of sp³-hybridized carbons (Fsp3) is 0.375.